The molecular formula is C18H17N5O4. The average molecular weight is 367 g/mol. The highest BCUT2D eigenvalue weighted by Gasteiger charge is 2.18. The van der Waals surface area contributed by atoms with E-state index in [0.29, 0.717) is 22.5 Å². The van der Waals surface area contributed by atoms with Crippen molar-refractivity contribution in [1.82, 2.24) is 9.55 Å². The monoisotopic (exact) mass is 367 g/mol. The minimum Gasteiger partial charge on any atom is -0.453 e. The number of hydrogen-bond acceptors (Lipinski definition) is 6. The summed E-state index contributed by atoms with van der Waals surface area (Å²) in [6, 6.07) is 13.4. The Bertz CT molecular complexity index is 1010. The number of anilines is 2. The Kier molecular flexibility index (Phi) is 5.02. The number of rotatable bonds is 3. The molecule has 138 valence electrons. The smallest absolute Gasteiger partial charge is 0.413 e. The molecule has 2 aromatic carbocycles. The van der Waals surface area contributed by atoms with Crippen LogP contribution in [0.1, 0.15) is 6.92 Å². The number of ether oxygens (including phenoxy) is 2. The molecule has 0 bridgehead atoms. The first-order chi connectivity index (χ1) is 13.0. The van der Waals surface area contributed by atoms with Crippen molar-refractivity contribution in [2.45, 2.75) is 6.92 Å². The summed E-state index contributed by atoms with van der Waals surface area (Å²) < 4.78 is 11.5. The number of methoxy groups -OCH3 is 1. The summed E-state index contributed by atoms with van der Waals surface area (Å²) in [7, 11) is 1.24. The molecule has 0 aliphatic heterocycles. The van der Waals surface area contributed by atoms with Crippen molar-refractivity contribution < 1.29 is 19.1 Å². The third-order valence-electron chi connectivity index (χ3n) is 3.55. The lowest BCUT2D eigenvalue weighted by atomic mass is 10.3. The lowest BCUT2D eigenvalue weighted by Crippen LogP contribution is -2.23. The number of nitrogens with zero attached hydrogens (tertiary/aromatic N) is 2. The number of carbonyl (C=O) groups is 2. The molecule has 3 N–H and O–H groups in total. The van der Waals surface area contributed by atoms with Crippen LogP contribution in [0.5, 0.6) is 5.75 Å². The maximum absolute atomic E-state index is 11.6. The predicted molar refractivity (Wildman–Crippen MR) is 100 cm³/mol. The van der Waals surface area contributed by atoms with Crippen LogP contribution in [0, 0.1) is 5.41 Å². The van der Waals surface area contributed by atoms with Crippen LogP contribution in [0.25, 0.3) is 11.0 Å². The van der Waals surface area contributed by atoms with Crippen LogP contribution in [0.4, 0.5) is 16.4 Å². The fourth-order valence-electron chi connectivity index (χ4n) is 2.42. The van der Waals surface area contributed by atoms with E-state index in [1.165, 1.54) is 18.6 Å². The number of amides is 2. The average Bonchev–Trinajstić information content (AvgIpc) is 3.00. The molecule has 0 fully saturated rings. The Morgan fingerprint density at radius 2 is 1.78 bits per heavy atom. The third kappa shape index (κ3) is 4.03. The minimum atomic E-state index is -0.709. The third-order valence-corrected chi connectivity index (χ3v) is 3.55. The van der Waals surface area contributed by atoms with Gasteiger partial charge in [-0.05, 0) is 36.4 Å². The topological polar surface area (TPSA) is 118 Å². The second kappa shape index (κ2) is 7.56. The van der Waals surface area contributed by atoms with E-state index < -0.39 is 6.09 Å². The largest absolute Gasteiger partial charge is 0.453 e. The van der Waals surface area contributed by atoms with Crippen molar-refractivity contribution in [1.29, 1.82) is 5.41 Å². The maximum Gasteiger partial charge on any atom is 0.413 e. The zero-order chi connectivity index (χ0) is 19.4. The molecule has 1 aromatic heterocycles. The van der Waals surface area contributed by atoms with Crippen molar-refractivity contribution in [2.24, 2.45) is 0 Å². The van der Waals surface area contributed by atoms with Crippen LogP contribution in [-0.4, -0.2) is 34.7 Å². The van der Waals surface area contributed by atoms with Gasteiger partial charge in [0.2, 0.25) is 11.9 Å². The van der Waals surface area contributed by atoms with E-state index in [2.05, 4.69) is 20.4 Å². The Labute approximate surface area is 154 Å². The van der Waals surface area contributed by atoms with Gasteiger partial charge in [-0.25, -0.2) is 14.3 Å². The molecule has 2 amide bonds. The summed E-state index contributed by atoms with van der Waals surface area (Å²) in [5, 5.41) is 13.4. The van der Waals surface area contributed by atoms with Crippen molar-refractivity contribution in [3.8, 4) is 5.75 Å². The number of nitrogens with one attached hydrogen (secondary N) is 3. The van der Waals surface area contributed by atoms with Gasteiger partial charge in [-0.3, -0.25) is 15.5 Å². The van der Waals surface area contributed by atoms with Crippen LogP contribution in [-0.2, 0) is 9.53 Å². The fourth-order valence-corrected chi connectivity index (χ4v) is 2.42. The van der Waals surface area contributed by atoms with Crippen molar-refractivity contribution in [3.05, 3.63) is 48.5 Å². The molecule has 0 atom stereocenters. The molecule has 0 saturated carbocycles. The second-order valence-electron chi connectivity index (χ2n) is 5.49. The summed E-state index contributed by atoms with van der Waals surface area (Å²) in [5.41, 5.74) is 1.78. The first-order valence-corrected chi connectivity index (χ1v) is 7.95. The molecule has 27 heavy (non-hydrogen) atoms. The summed E-state index contributed by atoms with van der Waals surface area (Å²) in [5.74, 6) is 0.304. The van der Waals surface area contributed by atoms with Gasteiger partial charge in [0.25, 0.3) is 0 Å². The van der Waals surface area contributed by atoms with Gasteiger partial charge in [-0.2, -0.15) is 0 Å². The molecule has 9 nitrogen and oxygen atoms in total. The lowest BCUT2D eigenvalue weighted by molar-refractivity contribution is -0.114. The Morgan fingerprint density at radius 1 is 1.07 bits per heavy atom. The summed E-state index contributed by atoms with van der Waals surface area (Å²) >= 11 is 0. The maximum atomic E-state index is 11.6. The molecule has 3 aromatic rings. The zero-order valence-electron chi connectivity index (χ0n) is 14.6. The molecule has 1 heterocycles. The van der Waals surface area contributed by atoms with E-state index in [9.17, 15) is 9.59 Å². The van der Waals surface area contributed by atoms with E-state index >= 15 is 0 Å². The van der Waals surface area contributed by atoms with E-state index in [0.717, 1.165) is 0 Å². The van der Waals surface area contributed by atoms with Crippen LogP contribution in [0.2, 0.25) is 0 Å². The molecule has 0 saturated heterocycles. The minimum absolute atomic E-state index is 0.0999. The van der Waals surface area contributed by atoms with Gasteiger partial charge in [0.1, 0.15) is 5.75 Å². The SMILES string of the molecule is COC(=O)Nc1nc2ccccc2n1C(=N)Oc1ccc(NC(C)=O)cc1. The van der Waals surface area contributed by atoms with E-state index in [1.807, 2.05) is 0 Å². The van der Waals surface area contributed by atoms with E-state index in [-0.39, 0.29) is 17.9 Å². The van der Waals surface area contributed by atoms with Gasteiger partial charge in [-0.1, -0.05) is 12.1 Å². The normalized spacial score (nSPS) is 10.3. The molecule has 0 spiro atoms. The number of imidazole rings is 1. The van der Waals surface area contributed by atoms with Crippen molar-refractivity contribution in [3.63, 3.8) is 0 Å². The molecule has 0 aliphatic rings. The molecule has 9 heteroatoms. The zero-order valence-corrected chi connectivity index (χ0v) is 14.6. The quantitative estimate of drug-likeness (QED) is 0.486. The standard InChI is InChI=1S/C18H17N5O4/c1-11(24)20-12-7-9-13(10-8-12)27-16(19)23-15-6-4-3-5-14(15)21-17(23)22-18(25)26-2/h3-10,19H,1-2H3,(H,20,24)(H,21,22,25). The predicted octanol–water partition coefficient (Wildman–Crippen LogP) is 3.03. The molecule has 0 radical (unpaired) electrons. The second-order valence-corrected chi connectivity index (χ2v) is 5.49. The van der Waals surface area contributed by atoms with Gasteiger partial charge in [0, 0.05) is 12.6 Å². The fraction of sp³-hybridized carbons (Fsp3) is 0.111. The lowest BCUT2D eigenvalue weighted by Gasteiger charge is -2.12. The Balaban J connectivity index is 1.89. The molecule has 3 rings (SSSR count). The highest BCUT2D eigenvalue weighted by atomic mass is 16.5. The number of para-hydroxylation sites is 2. The number of fused-ring (bicyclic) bond motifs is 1. The summed E-state index contributed by atoms with van der Waals surface area (Å²) in [4.78, 5) is 27.0. The van der Waals surface area contributed by atoms with Gasteiger partial charge >= 0.3 is 12.1 Å². The van der Waals surface area contributed by atoms with Crippen LogP contribution in [0.3, 0.4) is 0 Å². The highest BCUT2D eigenvalue weighted by Crippen LogP contribution is 2.22. The first-order valence-electron chi connectivity index (χ1n) is 7.95. The van der Waals surface area contributed by atoms with E-state index in [4.69, 9.17) is 10.1 Å². The van der Waals surface area contributed by atoms with Crippen LogP contribution >= 0.6 is 0 Å². The van der Waals surface area contributed by atoms with Crippen molar-refractivity contribution >= 4 is 40.7 Å². The highest BCUT2D eigenvalue weighted by molar-refractivity contribution is 5.95. The molecule has 0 aliphatic carbocycles. The summed E-state index contributed by atoms with van der Waals surface area (Å²) in [6.07, 6.45) is -0.709. The van der Waals surface area contributed by atoms with Gasteiger partial charge in [-0.15, -0.1) is 0 Å². The van der Waals surface area contributed by atoms with E-state index in [1.54, 1.807) is 48.5 Å². The molecule has 0 unspecified atom stereocenters. The number of carbonyl (C=O) groups excluding carboxylic acids is 2. The van der Waals surface area contributed by atoms with Gasteiger partial charge < -0.3 is 14.8 Å². The number of benzene rings is 2. The van der Waals surface area contributed by atoms with Gasteiger partial charge in [0.05, 0.1) is 18.1 Å². The number of hydrogen-bond donors (Lipinski definition) is 3. The van der Waals surface area contributed by atoms with Crippen molar-refractivity contribution in [2.75, 3.05) is 17.7 Å². The number of aromatic nitrogens is 2. The van der Waals surface area contributed by atoms with Gasteiger partial charge in [0.15, 0.2) is 0 Å². The summed E-state index contributed by atoms with van der Waals surface area (Å²) in [6.45, 7) is 1.42. The first kappa shape index (κ1) is 17.9. The Morgan fingerprint density at radius 3 is 2.44 bits per heavy atom. The van der Waals surface area contributed by atoms with Crippen LogP contribution in [0.15, 0.2) is 48.5 Å². The molecular weight excluding hydrogens is 350 g/mol. The van der Waals surface area contributed by atoms with Crippen LogP contribution < -0.4 is 15.4 Å². The Hall–Kier alpha value is -3.88.